The predicted molar refractivity (Wildman–Crippen MR) is 124 cm³/mol. The van der Waals surface area contributed by atoms with Crippen LogP contribution >= 0.6 is 0 Å². The SMILES string of the molecule is CC(C)OC(=O)N1CCC(Oc2nc(N)nc3c2CCN3c2ccc(S(C)(=O)=O)cc2F)CC1. The van der Waals surface area contributed by atoms with E-state index < -0.39 is 15.7 Å². The minimum atomic E-state index is -3.53. The molecule has 1 fully saturated rings. The van der Waals surface area contributed by atoms with Crippen molar-refractivity contribution in [1.29, 1.82) is 0 Å². The first-order chi connectivity index (χ1) is 16.0. The molecule has 184 valence electrons. The first kappa shape index (κ1) is 24.0. The van der Waals surface area contributed by atoms with Crippen LogP contribution in [0.5, 0.6) is 5.88 Å². The Labute approximate surface area is 197 Å². The maximum Gasteiger partial charge on any atom is 0.410 e. The van der Waals surface area contributed by atoms with Gasteiger partial charge < -0.3 is 25.0 Å². The van der Waals surface area contributed by atoms with Crippen molar-refractivity contribution < 1.29 is 27.1 Å². The molecule has 0 bridgehead atoms. The highest BCUT2D eigenvalue weighted by atomic mass is 32.2. The number of nitrogens with two attached hydrogens (primary N) is 1. The summed E-state index contributed by atoms with van der Waals surface area (Å²) in [5.41, 5.74) is 6.84. The first-order valence-corrected chi connectivity index (χ1v) is 13.0. The van der Waals surface area contributed by atoms with Crippen molar-refractivity contribution in [2.24, 2.45) is 0 Å². The van der Waals surface area contributed by atoms with E-state index in [1.165, 1.54) is 12.1 Å². The molecule has 3 heterocycles. The fraction of sp³-hybridized carbons (Fsp3) is 0.500. The van der Waals surface area contributed by atoms with Gasteiger partial charge in [0.1, 0.15) is 17.7 Å². The molecular weight excluding hydrogens is 465 g/mol. The first-order valence-electron chi connectivity index (χ1n) is 11.1. The Balaban J connectivity index is 1.51. The lowest BCUT2D eigenvalue weighted by Gasteiger charge is -2.32. The molecule has 0 spiro atoms. The van der Waals surface area contributed by atoms with Gasteiger partial charge in [0.05, 0.1) is 22.3 Å². The highest BCUT2D eigenvalue weighted by Gasteiger charge is 2.32. The summed E-state index contributed by atoms with van der Waals surface area (Å²) in [7, 11) is -3.53. The quantitative estimate of drug-likeness (QED) is 0.668. The number of anilines is 3. The number of aromatic nitrogens is 2. The molecule has 10 nitrogen and oxygen atoms in total. The van der Waals surface area contributed by atoms with Gasteiger partial charge in [0.15, 0.2) is 9.84 Å². The highest BCUT2D eigenvalue weighted by molar-refractivity contribution is 7.90. The number of amides is 1. The van der Waals surface area contributed by atoms with Crippen molar-refractivity contribution in [3.63, 3.8) is 0 Å². The van der Waals surface area contributed by atoms with Crippen molar-refractivity contribution in [1.82, 2.24) is 14.9 Å². The maximum absolute atomic E-state index is 14.8. The molecule has 12 heteroatoms. The zero-order valence-electron chi connectivity index (χ0n) is 19.3. The summed E-state index contributed by atoms with van der Waals surface area (Å²) in [4.78, 5) is 23.9. The predicted octanol–water partition coefficient (Wildman–Crippen LogP) is 2.68. The van der Waals surface area contributed by atoms with Crippen LogP contribution < -0.4 is 15.4 Å². The molecular formula is C22H28FN5O5S. The number of likely N-dealkylation sites (tertiary alicyclic amines) is 1. The second-order valence-electron chi connectivity index (χ2n) is 8.71. The van der Waals surface area contributed by atoms with Crippen LogP contribution in [-0.2, 0) is 21.0 Å². The van der Waals surface area contributed by atoms with Crippen molar-refractivity contribution in [3.8, 4) is 5.88 Å². The van der Waals surface area contributed by atoms with Gasteiger partial charge in [-0.3, -0.25) is 0 Å². The van der Waals surface area contributed by atoms with Gasteiger partial charge >= 0.3 is 6.09 Å². The lowest BCUT2D eigenvalue weighted by Crippen LogP contribution is -2.42. The summed E-state index contributed by atoms with van der Waals surface area (Å²) in [6.45, 7) is 5.04. The van der Waals surface area contributed by atoms with E-state index in [0.29, 0.717) is 56.2 Å². The molecule has 2 aliphatic heterocycles. The molecule has 2 aliphatic rings. The van der Waals surface area contributed by atoms with Gasteiger partial charge in [0.25, 0.3) is 0 Å². The topological polar surface area (TPSA) is 128 Å². The van der Waals surface area contributed by atoms with Crippen LogP contribution in [0.15, 0.2) is 23.1 Å². The molecule has 34 heavy (non-hydrogen) atoms. The smallest absolute Gasteiger partial charge is 0.410 e. The van der Waals surface area contributed by atoms with Crippen molar-refractivity contribution in [3.05, 3.63) is 29.6 Å². The Kier molecular flexibility index (Phi) is 6.52. The van der Waals surface area contributed by atoms with Gasteiger partial charge in [-0.05, 0) is 38.5 Å². The molecule has 0 radical (unpaired) electrons. The molecule has 1 amide bonds. The minimum Gasteiger partial charge on any atom is -0.474 e. The monoisotopic (exact) mass is 493 g/mol. The molecule has 2 N–H and O–H groups in total. The number of piperidine rings is 1. The van der Waals surface area contributed by atoms with Crippen LogP contribution in [0.25, 0.3) is 0 Å². The molecule has 1 aromatic heterocycles. The molecule has 0 saturated carbocycles. The number of nitrogen functional groups attached to an aromatic ring is 1. The number of nitrogens with zero attached hydrogens (tertiary/aromatic N) is 4. The van der Waals surface area contributed by atoms with Gasteiger partial charge in [-0.1, -0.05) is 0 Å². The lowest BCUT2D eigenvalue weighted by atomic mass is 10.1. The van der Waals surface area contributed by atoms with Crippen molar-refractivity contribution in [2.45, 2.75) is 50.2 Å². The summed E-state index contributed by atoms with van der Waals surface area (Å²) in [5.74, 6) is 0.107. The van der Waals surface area contributed by atoms with E-state index in [4.69, 9.17) is 15.2 Å². The van der Waals surface area contributed by atoms with Crippen LogP contribution in [0.4, 0.5) is 26.6 Å². The Morgan fingerprint density at radius 1 is 1.21 bits per heavy atom. The Morgan fingerprint density at radius 2 is 1.91 bits per heavy atom. The third-order valence-corrected chi connectivity index (χ3v) is 6.87. The summed E-state index contributed by atoms with van der Waals surface area (Å²) >= 11 is 0. The number of halogens is 1. The van der Waals surface area contributed by atoms with Gasteiger partial charge in [-0.15, -0.1) is 0 Å². The van der Waals surface area contributed by atoms with Crippen LogP contribution in [0.2, 0.25) is 0 Å². The van der Waals surface area contributed by atoms with Crippen LogP contribution in [0.3, 0.4) is 0 Å². The zero-order valence-corrected chi connectivity index (χ0v) is 20.1. The molecule has 1 saturated heterocycles. The largest absolute Gasteiger partial charge is 0.474 e. The van der Waals surface area contributed by atoms with E-state index >= 15 is 0 Å². The Morgan fingerprint density at radius 3 is 2.53 bits per heavy atom. The van der Waals surface area contributed by atoms with E-state index in [1.807, 2.05) is 13.8 Å². The third-order valence-electron chi connectivity index (χ3n) is 5.76. The summed E-state index contributed by atoms with van der Waals surface area (Å²) in [6.07, 6.45) is 2.08. The third kappa shape index (κ3) is 5.01. The van der Waals surface area contributed by atoms with Gasteiger partial charge in [-0.25, -0.2) is 17.6 Å². The second-order valence-corrected chi connectivity index (χ2v) is 10.7. The number of ether oxygens (including phenoxy) is 2. The highest BCUT2D eigenvalue weighted by Crippen LogP contribution is 2.39. The average Bonchev–Trinajstić information content (AvgIpc) is 3.16. The number of carbonyl (C=O) groups excluding carboxylic acids is 1. The molecule has 2 aromatic rings. The minimum absolute atomic E-state index is 0.00763. The fourth-order valence-electron chi connectivity index (χ4n) is 4.10. The van der Waals surface area contributed by atoms with Crippen LogP contribution in [-0.4, -0.2) is 67.5 Å². The molecule has 4 rings (SSSR count). The number of hydrogen-bond donors (Lipinski definition) is 1. The van der Waals surface area contributed by atoms with E-state index in [2.05, 4.69) is 9.97 Å². The van der Waals surface area contributed by atoms with E-state index in [1.54, 1.807) is 9.80 Å². The molecule has 0 unspecified atom stereocenters. The maximum atomic E-state index is 14.8. The van der Waals surface area contributed by atoms with Gasteiger partial charge in [-0.2, -0.15) is 9.97 Å². The normalized spacial score (nSPS) is 16.6. The Bertz CT molecular complexity index is 1200. The summed E-state index contributed by atoms with van der Waals surface area (Å²) in [5, 5.41) is 0. The number of benzene rings is 1. The van der Waals surface area contributed by atoms with Crippen LogP contribution in [0.1, 0.15) is 32.3 Å². The molecule has 0 atom stereocenters. The fourth-order valence-corrected chi connectivity index (χ4v) is 4.73. The molecule has 0 aliphatic carbocycles. The number of carbonyl (C=O) groups is 1. The zero-order chi connectivity index (χ0) is 24.6. The number of hydrogen-bond acceptors (Lipinski definition) is 9. The van der Waals surface area contributed by atoms with Crippen molar-refractivity contribution in [2.75, 3.05) is 36.5 Å². The van der Waals surface area contributed by atoms with Crippen molar-refractivity contribution >= 4 is 33.4 Å². The standard InChI is InChI=1S/C22H28FN5O5S/c1-13(2)32-22(29)27-9-6-14(7-10-27)33-20-16-8-11-28(19(16)25-21(24)26-20)18-5-4-15(12-17(18)23)34(3,30)31/h4-5,12-14H,6-11H2,1-3H3,(H2,24,25,26). The summed E-state index contributed by atoms with van der Waals surface area (Å²) < 4.78 is 49.7. The van der Waals surface area contributed by atoms with Gasteiger partial charge in [0, 0.05) is 38.7 Å². The van der Waals surface area contributed by atoms with E-state index in [9.17, 15) is 17.6 Å². The number of rotatable bonds is 5. The Hall–Kier alpha value is -3.15. The average molecular weight is 494 g/mol. The van der Waals surface area contributed by atoms with Crippen LogP contribution in [0, 0.1) is 5.82 Å². The van der Waals surface area contributed by atoms with E-state index in [-0.39, 0.29) is 34.8 Å². The second kappa shape index (κ2) is 9.24. The number of fused-ring (bicyclic) bond motifs is 1. The van der Waals surface area contributed by atoms with Gasteiger partial charge in [0.2, 0.25) is 11.8 Å². The lowest BCUT2D eigenvalue weighted by molar-refractivity contribution is 0.0506. The number of sulfone groups is 1. The van der Waals surface area contributed by atoms with E-state index in [0.717, 1.165) is 12.3 Å². The molecule has 1 aromatic carbocycles. The summed E-state index contributed by atoms with van der Waals surface area (Å²) in [6, 6.07) is 3.79.